The second kappa shape index (κ2) is 4.07. The van der Waals surface area contributed by atoms with E-state index in [9.17, 15) is 0 Å². The Morgan fingerprint density at radius 2 is 2.00 bits per heavy atom. The Hall–Kier alpha value is 0.0899. The first-order valence-corrected chi connectivity index (χ1v) is 4.23. The molecule has 0 spiro atoms. The van der Waals surface area contributed by atoms with Gasteiger partial charge in [0.05, 0.1) is 0 Å². The lowest BCUT2D eigenvalue weighted by Gasteiger charge is -2.31. The molecule has 0 radical (unpaired) electrons. The maximum absolute atomic E-state index is 3.33. The molecular weight excluding hydrogens is 120 g/mol. The monoisotopic (exact) mass is 139 g/mol. The van der Waals surface area contributed by atoms with E-state index >= 15 is 0 Å². The van der Waals surface area contributed by atoms with Crippen molar-refractivity contribution in [2.75, 3.05) is 7.05 Å². The first kappa shape index (κ1) is 10.1. The molecule has 0 fully saturated rings. The smallest absolute Gasteiger partial charge is 0.117 e. The van der Waals surface area contributed by atoms with E-state index in [4.69, 9.17) is 0 Å². The van der Waals surface area contributed by atoms with Gasteiger partial charge in [-0.15, -0.1) is 0 Å². The predicted octanol–water partition coefficient (Wildman–Crippen LogP) is -0.438. The Labute approximate surface area is 66.8 Å². The van der Waals surface area contributed by atoms with Gasteiger partial charge >= 0.3 is 0 Å². The molecule has 58 valence electrons. The molecule has 0 aliphatic heterocycles. The average molecular weight is 139 g/mol. The highest BCUT2D eigenvalue weighted by Gasteiger charge is 2.21. The molecule has 0 aromatic rings. The fourth-order valence-corrected chi connectivity index (χ4v) is 1.04. The molecule has 1 N–H and O–H groups in total. The Morgan fingerprint density at radius 3 is 2.30 bits per heavy atom. The molecule has 0 aliphatic carbocycles. The third-order valence-electron chi connectivity index (χ3n) is 2.60. The molecule has 1 nitrogen and oxygen atoms in total. The molecular formula is C7H19B2N. The van der Waals surface area contributed by atoms with Crippen LogP contribution < -0.4 is 5.32 Å². The lowest BCUT2D eigenvalue weighted by atomic mass is 9.55. The average Bonchev–Trinajstić information content (AvgIpc) is 1.89. The van der Waals surface area contributed by atoms with E-state index in [0.717, 1.165) is 5.92 Å². The van der Waals surface area contributed by atoms with Crippen LogP contribution in [0.5, 0.6) is 0 Å². The fourth-order valence-electron chi connectivity index (χ4n) is 1.04. The largest absolute Gasteiger partial charge is 0.329 e. The van der Waals surface area contributed by atoms with Crippen molar-refractivity contribution in [1.29, 1.82) is 0 Å². The van der Waals surface area contributed by atoms with Crippen molar-refractivity contribution in [2.24, 2.45) is 5.92 Å². The highest BCUT2D eigenvalue weighted by molar-refractivity contribution is 6.40. The Kier molecular flexibility index (Phi) is 4.11. The lowest BCUT2D eigenvalue weighted by Crippen LogP contribution is -2.49. The predicted molar refractivity (Wildman–Crippen MR) is 53.0 cm³/mol. The van der Waals surface area contributed by atoms with Crippen molar-refractivity contribution in [3.05, 3.63) is 0 Å². The molecule has 0 heterocycles. The summed E-state index contributed by atoms with van der Waals surface area (Å²) < 4.78 is 0. The third-order valence-corrected chi connectivity index (χ3v) is 2.60. The Morgan fingerprint density at radius 1 is 1.50 bits per heavy atom. The number of hydrogen-bond acceptors (Lipinski definition) is 1. The minimum Gasteiger partial charge on any atom is -0.329 e. The van der Waals surface area contributed by atoms with Crippen LogP contribution in [0.3, 0.4) is 0 Å². The van der Waals surface area contributed by atoms with Gasteiger partial charge in [0.1, 0.15) is 15.7 Å². The summed E-state index contributed by atoms with van der Waals surface area (Å²) in [5.41, 5.74) is 0. The third kappa shape index (κ3) is 2.78. The second-order valence-electron chi connectivity index (χ2n) is 3.66. The fraction of sp³-hybridized carbons (Fsp3) is 1.00. The minimum atomic E-state index is 0.302. The van der Waals surface area contributed by atoms with Gasteiger partial charge < -0.3 is 5.32 Å². The van der Waals surface area contributed by atoms with Crippen LogP contribution in [0.1, 0.15) is 26.7 Å². The number of hydrogen-bond donors (Lipinski definition) is 1. The van der Waals surface area contributed by atoms with Crippen LogP contribution in [0.2, 0.25) is 0 Å². The molecule has 0 saturated heterocycles. The summed E-state index contributed by atoms with van der Waals surface area (Å²) in [6, 6.07) is 0. The molecule has 1 unspecified atom stereocenters. The van der Waals surface area contributed by atoms with E-state index in [1.165, 1.54) is 12.8 Å². The molecule has 0 amide bonds. The topological polar surface area (TPSA) is 12.0 Å². The maximum Gasteiger partial charge on any atom is 0.117 e. The quantitative estimate of drug-likeness (QED) is 0.520. The zero-order valence-electron chi connectivity index (χ0n) is 7.99. The summed E-state index contributed by atoms with van der Waals surface area (Å²) >= 11 is 0. The van der Waals surface area contributed by atoms with E-state index in [2.05, 4.69) is 34.9 Å². The van der Waals surface area contributed by atoms with Crippen molar-refractivity contribution in [3.63, 3.8) is 0 Å². The summed E-state index contributed by atoms with van der Waals surface area (Å²) in [6.07, 6.45) is 2.60. The van der Waals surface area contributed by atoms with Crippen LogP contribution in [0, 0.1) is 5.92 Å². The van der Waals surface area contributed by atoms with Crippen molar-refractivity contribution in [3.8, 4) is 0 Å². The highest BCUT2D eigenvalue weighted by Crippen LogP contribution is 2.14. The molecule has 10 heavy (non-hydrogen) atoms. The summed E-state index contributed by atoms with van der Waals surface area (Å²) in [4.78, 5) is 0. The van der Waals surface area contributed by atoms with E-state index in [0.29, 0.717) is 5.34 Å². The standard InChI is InChI=1S/C7H19B2N/c1-4-5-6(2)7(8,9)10-3/h6,10H,4-5,8-9H2,1-3H3. The molecule has 0 aromatic carbocycles. The van der Waals surface area contributed by atoms with E-state index < -0.39 is 0 Å². The van der Waals surface area contributed by atoms with Crippen molar-refractivity contribution < 1.29 is 0 Å². The molecule has 3 heteroatoms. The first-order valence-electron chi connectivity index (χ1n) is 4.23. The van der Waals surface area contributed by atoms with Gasteiger partial charge in [-0.1, -0.05) is 26.7 Å². The molecule has 0 rings (SSSR count). The molecule has 1 atom stereocenters. The van der Waals surface area contributed by atoms with Gasteiger partial charge in [-0.05, 0) is 18.3 Å². The van der Waals surface area contributed by atoms with E-state index in [1.54, 1.807) is 0 Å². The molecule has 0 saturated carbocycles. The van der Waals surface area contributed by atoms with Crippen LogP contribution in [0.4, 0.5) is 0 Å². The van der Waals surface area contributed by atoms with Gasteiger partial charge in [-0.2, -0.15) is 0 Å². The van der Waals surface area contributed by atoms with Crippen LogP contribution in [0.15, 0.2) is 0 Å². The normalized spacial score (nSPS) is 15.1. The summed E-state index contributed by atoms with van der Waals surface area (Å²) in [5.74, 6) is 0.766. The van der Waals surface area contributed by atoms with Gasteiger partial charge in [0, 0.05) is 0 Å². The first-order chi connectivity index (χ1) is 4.54. The van der Waals surface area contributed by atoms with Crippen molar-refractivity contribution >= 4 is 15.7 Å². The second-order valence-corrected chi connectivity index (χ2v) is 3.66. The van der Waals surface area contributed by atoms with Gasteiger partial charge in [0.25, 0.3) is 0 Å². The van der Waals surface area contributed by atoms with Gasteiger partial charge in [0.2, 0.25) is 0 Å². The van der Waals surface area contributed by atoms with Crippen LogP contribution in [-0.4, -0.2) is 28.1 Å². The number of rotatable bonds is 4. The summed E-state index contributed by atoms with van der Waals surface area (Å²) in [5, 5.41) is 3.63. The van der Waals surface area contributed by atoms with Gasteiger partial charge in [-0.25, -0.2) is 0 Å². The van der Waals surface area contributed by atoms with E-state index in [1.807, 2.05) is 7.05 Å². The van der Waals surface area contributed by atoms with Gasteiger partial charge in [0.15, 0.2) is 0 Å². The van der Waals surface area contributed by atoms with Crippen molar-refractivity contribution in [1.82, 2.24) is 5.32 Å². The molecule has 0 aromatic heterocycles. The highest BCUT2D eigenvalue weighted by atomic mass is 14.9. The lowest BCUT2D eigenvalue weighted by molar-refractivity contribution is 0.421. The molecule has 0 aliphatic rings. The summed E-state index contributed by atoms with van der Waals surface area (Å²) in [6.45, 7) is 4.54. The van der Waals surface area contributed by atoms with E-state index in [-0.39, 0.29) is 0 Å². The SMILES string of the molecule is BC(B)(NC)C(C)CCC. The Bertz CT molecular complexity index is 93.6. The maximum atomic E-state index is 3.33. The minimum absolute atomic E-state index is 0.302. The molecule has 0 bridgehead atoms. The zero-order valence-corrected chi connectivity index (χ0v) is 7.99. The van der Waals surface area contributed by atoms with Crippen molar-refractivity contribution in [2.45, 2.75) is 32.0 Å². The Balaban J connectivity index is 3.78. The van der Waals surface area contributed by atoms with Crippen LogP contribution >= 0.6 is 0 Å². The summed E-state index contributed by atoms with van der Waals surface area (Å²) in [7, 11) is 6.55. The zero-order chi connectivity index (χ0) is 8.20. The van der Waals surface area contributed by atoms with Crippen LogP contribution in [0.25, 0.3) is 0 Å². The van der Waals surface area contributed by atoms with Crippen LogP contribution in [-0.2, 0) is 0 Å². The van der Waals surface area contributed by atoms with Gasteiger partial charge in [-0.3, -0.25) is 0 Å². The number of nitrogens with one attached hydrogen (secondary N) is 1.